The Hall–Kier alpha value is -4.56. The van der Waals surface area contributed by atoms with E-state index in [-0.39, 0.29) is 10.7 Å². The maximum Gasteiger partial charge on any atom is 0.337 e. The van der Waals surface area contributed by atoms with Gasteiger partial charge in [0, 0.05) is 24.1 Å². The average molecular weight is 524 g/mol. The van der Waals surface area contributed by atoms with Crippen LogP contribution in [0.1, 0.15) is 27.3 Å². The van der Waals surface area contributed by atoms with Crippen LogP contribution in [0, 0.1) is 13.8 Å². The number of aryl methyl sites for hydroxylation is 1. The first-order valence-electron chi connectivity index (χ1n) is 12.0. The molecule has 3 aromatic carbocycles. The molecule has 0 bridgehead atoms. The molecular weight excluding hydrogens is 498 g/mol. The summed E-state index contributed by atoms with van der Waals surface area (Å²) in [6, 6.07) is 22.7. The van der Waals surface area contributed by atoms with Gasteiger partial charge in [0.2, 0.25) is 0 Å². The summed E-state index contributed by atoms with van der Waals surface area (Å²) in [5.74, 6) is -1.49. The van der Waals surface area contributed by atoms with Crippen molar-refractivity contribution in [1.29, 1.82) is 0 Å². The summed E-state index contributed by atoms with van der Waals surface area (Å²) in [5.41, 5.74) is 4.41. The van der Waals surface area contributed by atoms with Gasteiger partial charge in [0.1, 0.15) is 5.57 Å². The normalized spacial score (nSPS) is 15.1. The van der Waals surface area contributed by atoms with Crippen LogP contribution in [0.4, 0.5) is 5.69 Å². The Bertz CT molecular complexity index is 1670. The highest BCUT2D eigenvalue weighted by molar-refractivity contribution is 7.80. The second kappa shape index (κ2) is 9.72. The topological polar surface area (TPSA) is 71.8 Å². The van der Waals surface area contributed by atoms with Crippen LogP contribution in [-0.4, -0.2) is 46.5 Å². The van der Waals surface area contributed by atoms with E-state index in [0.29, 0.717) is 11.3 Å². The van der Waals surface area contributed by atoms with Gasteiger partial charge >= 0.3 is 5.97 Å². The molecule has 1 fully saturated rings. The van der Waals surface area contributed by atoms with E-state index < -0.39 is 17.8 Å². The van der Waals surface area contributed by atoms with Crippen molar-refractivity contribution in [3.05, 3.63) is 101 Å². The molecule has 38 heavy (non-hydrogen) atoms. The fraction of sp³-hybridized carbons (Fsp3) is 0.133. The number of rotatable bonds is 4. The number of amides is 2. The maximum atomic E-state index is 13.6. The number of methoxy groups -OCH3 is 1. The molecule has 0 radical (unpaired) electrons. The minimum Gasteiger partial charge on any atom is -0.465 e. The van der Waals surface area contributed by atoms with E-state index in [0.717, 1.165) is 33.4 Å². The lowest BCUT2D eigenvalue weighted by molar-refractivity contribution is -0.127. The Morgan fingerprint density at radius 3 is 2.21 bits per heavy atom. The minimum atomic E-state index is -0.528. The van der Waals surface area contributed by atoms with Gasteiger partial charge < -0.3 is 9.30 Å². The Balaban J connectivity index is 1.55. The number of aromatic nitrogens is 1. The van der Waals surface area contributed by atoms with Crippen molar-refractivity contribution in [2.45, 2.75) is 13.8 Å². The fourth-order valence-corrected chi connectivity index (χ4v) is 5.01. The Morgan fingerprint density at radius 1 is 0.868 bits per heavy atom. The zero-order chi connectivity index (χ0) is 27.1. The first-order valence-corrected chi connectivity index (χ1v) is 12.4. The van der Waals surface area contributed by atoms with Crippen LogP contribution in [0.3, 0.4) is 0 Å². The van der Waals surface area contributed by atoms with Gasteiger partial charge in [-0.2, -0.15) is 0 Å². The standard InChI is InChI=1S/C30H25N3O4S/c1-18-15-23(19(2)32(18)25-14-9-20-7-5-6-8-22(20)16-25)17-26-27(34)31(3)30(38)33(28(26)35)24-12-10-21(11-13-24)29(36)37-4/h5-17H,1-4H3/b26-17-. The van der Waals surface area contributed by atoms with E-state index in [1.165, 1.54) is 16.9 Å². The molecule has 1 aliphatic heterocycles. The van der Waals surface area contributed by atoms with E-state index in [9.17, 15) is 14.4 Å². The molecule has 1 aliphatic rings. The molecule has 190 valence electrons. The van der Waals surface area contributed by atoms with Gasteiger partial charge in [-0.3, -0.25) is 19.4 Å². The molecule has 0 atom stereocenters. The van der Waals surface area contributed by atoms with Gasteiger partial charge in [-0.15, -0.1) is 0 Å². The van der Waals surface area contributed by atoms with Crippen LogP contribution in [0.25, 0.3) is 22.5 Å². The zero-order valence-corrected chi connectivity index (χ0v) is 22.2. The second-order valence-corrected chi connectivity index (χ2v) is 9.44. The van der Waals surface area contributed by atoms with Crippen LogP contribution >= 0.6 is 12.2 Å². The van der Waals surface area contributed by atoms with Gasteiger partial charge in [0.15, 0.2) is 5.11 Å². The number of anilines is 1. The fourth-order valence-electron chi connectivity index (χ4n) is 4.73. The summed E-state index contributed by atoms with van der Waals surface area (Å²) in [4.78, 5) is 41.2. The van der Waals surface area contributed by atoms with Gasteiger partial charge in [-0.25, -0.2) is 4.79 Å². The first kappa shape index (κ1) is 25.1. The number of nitrogens with zero attached hydrogens (tertiary/aromatic N) is 3. The van der Waals surface area contributed by atoms with Crippen molar-refractivity contribution in [2.75, 3.05) is 19.1 Å². The van der Waals surface area contributed by atoms with Crippen LogP contribution in [-0.2, 0) is 14.3 Å². The SMILES string of the molecule is COC(=O)c1ccc(N2C(=O)/C(=C\c3cc(C)n(-c4ccc5ccccc5c4)c3C)C(=O)N(C)C2=S)cc1. The molecule has 0 N–H and O–H groups in total. The van der Waals surface area contributed by atoms with Crippen LogP contribution in [0.2, 0.25) is 0 Å². The molecule has 5 rings (SSSR count). The number of hydrogen-bond acceptors (Lipinski definition) is 5. The molecule has 0 spiro atoms. The lowest BCUT2D eigenvalue weighted by atomic mass is 10.1. The number of fused-ring (bicyclic) bond motifs is 1. The molecule has 1 saturated heterocycles. The highest BCUT2D eigenvalue weighted by Crippen LogP contribution is 2.29. The van der Waals surface area contributed by atoms with Crippen molar-refractivity contribution < 1.29 is 19.1 Å². The van der Waals surface area contributed by atoms with Crippen molar-refractivity contribution in [2.24, 2.45) is 0 Å². The molecular formula is C30H25N3O4S. The molecule has 8 heteroatoms. The second-order valence-electron chi connectivity index (χ2n) is 9.08. The number of likely N-dealkylation sites (N-methyl/N-ethyl adjacent to an activating group) is 1. The summed E-state index contributed by atoms with van der Waals surface area (Å²) >= 11 is 5.45. The molecule has 0 saturated carbocycles. The van der Waals surface area contributed by atoms with E-state index in [1.54, 1.807) is 37.4 Å². The summed E-state index contributed by atoms with van der Waals surface area (Å²) in [5, 5.41) is 2.34. The van der Waals surface area contributed by atoms with Crippen molar-refractivity contribution in [3.63, 3.8) is 0 Å². The van der Waals surface area contributed by atoms with Crippen LogP contribution < -0.4 is 4.90 Å². The van der Waals surface area contributed by atoms with E-state index in [2.05, 4.69) is 34.9 Å². The predicted octanol–water partition coefficient (Wildman–Crippen LogP) is 5.21. The molecule has 0 aliphatic carbocycles. The number of carbonyl (C=O) groups is 3. The molecule has 4 aromatic rings. The molecule has 0 unspecified atom stereocenters. The lowest BCUT2D eigenvalue weighted by Crippen LogP contribution is -2.54. The molecule has 2 heterocycles. The van der Waals surface area contributed by atoms with E-state index in [1.807, 2.05) is 32.0 Å². The summed E-state index contributed by atoms with van der Waals surface area (Å²) in [7, 11) is 2.84. The predicted molar refractivity (Wildman–Crippen MR) is 151 cm³/mol. The van der Waals surface area contributed by atoms with Gasteiger partial charge in [-0.1, -0.05) is 30.3 Å². The van der Waals surface area contributed by atoms with Gasteiger partial charge in [0.05, 0.1) is 18.4 Å². The van der Waals surface area contributed by atoms with Crippen molar-refractivity contribution in [3.8, 4) is 5.69 Å². The number of carbonyl (C=O) groups excluding carboxylic acids is 3. The number of hydrogen-bond donors (Lipinski definition) is 0. The quantitative estimate of drug-likeness (QED) is 0.159. The Labute approximate surface area is 225 Å². The number of ether oxygens (including phenoxy) is 1. The highest BCUT2D eigenvalue weighted by Gasteiger charge is 2.38. The Kier molecular flexibility index (Phi) is 6.42. The first-order chi connectivity index (χ1) is 18.2. The molecule has 7 nitrogen and oxygen atoms in total. The monoisotopic (exact) mass is 523 g/mol. The largest absolute Gasteiger partial charge is 0.465 e. The summed E-state index contributed by atoms with van der Waals surface area (Å²) in [6.45, 7) is 3.95. The summed E-state index contributed by atoms with van der Waals surface area (Å²) < 4.78 is 6.85. The van der Waals surface area contributed by atoms with Gasteiger partial charge in [-0.05, 0) is 90.9 Å². The van der Waals surface area contributed by atoms with Crippen molar-refractivity contribution >= 4 is 57.6 Å². The minimum absolute atomic E-state index is 0.00286. The molecule has 2 amide bonds. The van der Waals surface area contributed by atoms with Crippen LogP contribution in [0.5, 0.6) is 0 Å². The number of esters is 1. The smallest absolute Gasteiger partial charge is 0.337 e. The third-order valence-electron chi connectivity index (χ3n) is 6.75. The van der Waals surface area contributed by atoms with Crippen molar-refractivity contribution in [1.82, 2.24) is 9.47 Å². The maximum absolute atomic E-state index is 13.6. The van der Waals surface area contributed by atoms with E-state index in [4.69, 9.17) is 17.0 Å². The average Bonchev–Trinajstić information content (AvgIpc) is 3.21. The third-order valence-corrected chi connectivity index (χ3v) is 7.21. The number of thiocarbonyl (C=S) groups is 1. The summed E-state index contributed by atoms with van der Waals surface area (Å²) in [6.07, 6.45) is 1.62. The molecule has 1 aromatic heterocycles. The van der Waals surface area contributed by atoms with Gasteiger partial charge in [0.25, 0.3) is 11.8 Å². The Morgan fingerprint density at radius 2 is 1.53 bits per heavy atom. The van der Waals surface area contributed by atoms with E-state index >= 15 is 0 Å². The number of benzene rings is 3. The highest BCUT2D eigenvalue weighted by atomic mass is 32.1. The zero-order valence-electron chi connectivity index (χ0n) is 21.4. The third kappa shape index (κ3) is 4.18. The lowest BCUT2D eigenvalue weighted by Gasteiger charge is -2.34. The van der Waals surface area contributed by atoms with Crippen LogP contribution in [0.15, 0.2) is 78.4 Å².